The molecule has 0 radical (unpaired) electrons. The Morgan fingerprint density at radius 2 is 2.18 bits per heavy atom. The summed E-state index contributed by atoms with van der Waals surface area (Å²) < 4.78 is 2.10. The average molecular weight is 394 g/mol. The van der Waals surface area contributed by atoms with Crippen LogP contribution >= 0.6 is 55.0 Å². The van der Waals surface area contributed by atoms with Crippen molar-refractivity contribution in [1.82, 2.24) is 4.98 Å². The van der Waals surface area contributed by atoms with Gasteiger partial charge in [0.2, 0.25) is 0 Å². The summed E-state index contributed by atoms with van der Waals surface area (Å²) in [5.74, 6) is 0. The van der Waals surface area contributed by atoms with E-state index in [1.807, 2.05) is 12.1 Å². The van der Waals surface area contributed by atoms with E-state index in [1.165, 1.54) is 4.88 Å². The molecule has 0 aliphatic heterocycles. The van der Waals surface area contributed by atoms with E-state index in [0.29, 0.717) is 6.54 Å². The number of pyridine rings is 1. The SMILES string of the molecule is NCC(Sc1ccc(Br)cn1)c1cc(Br)cs1. The summed E-state index contributed by atoms with van der Waals surface area (Å²) in [6.45, 7) is 0.607. The first-order chi connectivity index (χ1) is 8.19. The molecule has 2 rings (SSSR count). The topological polar surface area (TPSA) is 38.9 Å². The Morgan fingerprint density at radius 3 is 2.71 bits per heavy atom. The van der Waals surface area contributed by atoms with Gasteiger partial charge in [0.05, 0.1) is 10.3 Å². The van der Waals surface area contributed by atoms with Crippen LogP contribution in [-0.4, -0.2) is 11.5 Å². The van der Waals surface area contributed by atoms with Crippen molar-refractivity contribution < 1.29 is 0 Å². The van der Waals surface area contributed by atoms with Gasteiger partial charge in [-0.25, -0.2) is 4.98 Å². The molecule has 0 fully saturated rings. The van der Waals surface area contributed by atoms with Crippen LogP contribution in [0.4, 0.5) is 0 Å². The quantitative estimate of drug-likeness (QED) is 0.779. The fraction of sp³-hybridized carbons (Fsp3) is 0.182. The maximum atomic E-state index is 5.83. The summed E-state index contributed by atoms with van der Waals surface area (Å²) in [5.41, 5.74) is 5.83. The summed E-state index contributed by atoms with van der Waals surface area (Å²) in [7, 11) is 0. The number of nitrogens with zero attached hydrogens (tertiary/aromatic N) is 1. The van der Waals surface area contributed by atoms with Crippen molar-refractivity contribution in [3.8, 4) is 0 Å². The smallest absolute Gasteiger partial charge is 0.0967 e. The third-order valence-corrected chi connectivity index (χ3v) is 5.72. The molecular formula is C11H10Br2N2S2. The van der Waals surface area contributed by atoms with Crippen LogP contribution in [0.1, 0.15) is 10.1 Å². The van der Waals surface area contributed by atoms with E-state index in [9.17, 15) is 0 Å². The summed E-state index contributed by atoms with van der Waals surface area (Å²) in [5, 5.41) is 3.33. The molecule has 0 spiro atoms. The maximum Gasteiger partial charge on any atom is 0.0967 e. The van der Waals surface area contributed by atoms with Crippen LogP contribution in [0.5, 0.6) is 0 Å². The van der Waals surface area contributed by atoms with Crippen LogP contribution in [0, 0.1) is 0 Å². The molecule has 0 saturated heterocycles. The summed E-state index contributed by atoms with van der Waals surface area (Å²) >= 11 is 10.3. The number of rotatable bonds is 4. The van der Waals surface area contributed by atoms with E-state index in [1.54, 1.807) is 29.3 Å². The number of aromatic nitrogens is 1. The fourth-order valence-electron chi connectivity index (χ4n) is 1.30. The molecule has 1 unspecified atom stereocenters. The van der Waals surface area contributed by atoms with Crippen LogP contribution in [-0.2, 0) is 0 Å². The molecule has 2 nitrogen and oxygen atoms in total. The van der Waals surface area contributed by atoms with E-state index in [4.69, 9.17) is 5.73 Å². The van der Waals surface area contributed by atoms with Crippen LogP contribution in [0.2, 0.25) is 0 Å². The number of hydrogen-bond acceptors (Lipinski definition) is 4. The molecule has 17 heavy (non-hydrogen) atoms. The molecule has 1 atom stereocenters. The van der Waals surface area contributed by atoms with Gasteiger partial charge in [-0.2, -0.15) is 0 Å². The Kier molecular flexibility index (Phi) is 5.05. The van der Waals surface area contributed by atoms with E-state index >= 15 is 0 Å². The highest BCUT2D eigenvalue weighted by Crippen LogP contribution is 2.37. The number of thiophene rings is 1. The molecule has 0 saturated carbocycles. The second-order valence-electron chi connectivity index (χ2n) is 3.32. The second-order valence-corrected chi connectivity index (χ2v) is 7.32. The van der Waals surface area contributed by atoms with E-state index in [0.717, 1.165) is 14.0 Å². The van der Waals surface area contributed by atoms with E-state index < -0.39 is 0 Å². The van der Waals surface area contributed by atoms with Crippen LogP contribution < -0.4 is 5.73 Å². The Labute approximate surface area is 125 Å². The van der Waals surface area contributed by atoms with Crippen molar-refractivity contribution in [1.29, 1.82) is 0 Å². The zero-order valence-corrected chi connectivity index (χ0v) is 13.6. The predicted molar refractivity (Wildman–Crippen MR) is 81.6 cm³/mol. The monoisotopic (exact) mass is 392 g/mol. The molecular weight excluding hydrogens is 384 g/mol. The van der Waals surface area contributed by atoms with Crippen LogP contribution in [0.3, 0.4) is 0 Å². The van der Waals surface area contributed by atoms with Crippen molar-refractivity contribution >= 4 is 55.0 Å². The van der Waals surface area contributed by atoms with Crippen molar-refractivity contribution in [2.45, 2.75) is 10.3 Å². The first-order valence-electron chi connectivity index (χ1n) is 4.91. The fourth-order valence-corrected chi connectivity index (χ4v) is 4.11. The Bertz CT molecular complexity index is 484. The molecule has 0 aliphatic carbocycles. The highest BCUT2D eigenvalue weighted by atomic mass is 79.9. The summed E-state index contributed by atoms with van der Waals surface area (Å²) in [4.78, 5) is 5.62. The minimum Gasteiger partial charge on any atom is -0.329 e. The predicted octanol–water partition coefficient (Wildman–Crippen LogP) is 4.46. The van der Waals surface area contributed by atoms with Gasteiger partial charge in [-0.15, -0.1) is 11.3 Å². The minimum absolute atomic E-state index is 0.264. The highest BCUT2D eigenvalue weighted by Gasteiger charge is 2.14. The van der Waals surface area contributed by atoms with Crippen molar-refractivity contribution in [2.75, 3.05) is 6.54 Å². The molecule has 2 aromatic rings. The van der Waals surface area contributed by atoms with Gasteiger partial charge in [-0.1, -0.05) is 11.8 Å². The molecule has 0 aromatic carbocycles. The zero-order valence-electron chi connectivity index (χ0n) is 8.77. The van der Waals surface area contributed by atoms with E-state index in [2.05, 4.69) is 48.3 Å². The van der Waals surface area contributed by atoms with Gasteiger partial charge in [-0.3, -0.25) is 0 Å². The third kappa shape index (κ3) is 3.79. The van der Waals surface area contributed by atoms with Gasteiger partial charge < -0.3 is 5.73 Å². The van der Waals surface area contributed by atoms with Gasteiger partial charge in [0.1, 0.15) is 0 Å². The van der Waals surface area contributed by atoms with Crippen LogP contribution in [0.25, 0.3) is 0 Å². The van der Waals surface area contributed by atoms with Gasteiger partial charge >= 0.3 is 0 Å². The molecule has 0 aliphatic rings. The molecule has 0 bridgehead atoms. The Balaban J connectivity index is 2.12. The first kappa shape index (κ1) is 13.5. The number of thioether (sulfide) groups is 1. The van der Waals surface area contributed by atoms with Crippen molar-refractivity contribution in [2.24, 2.45) is 5.73 Å². The lowest BCUT2D eigenvalue weighted by atomic mass is 10.3. The van der Waals surface area contributed by atoms with E-state index in [-0.39, 0.29) is 5.25 Å². The number of halogens is 2. The molecule has 6 heteroatoms. The van der Waals surface area contributed by atoms with Gasteiger partial charge in [0.25, 0.3) is 0 Å². The minimum atomic E-state index is 0.264. The number of nitrogens with two attached hydrogens (primary N) is 1. The third-order valence-electron chi connectivity index (χ3n) is 2.08. The van der Waals surface area contributed by atoms with Crippen LogP contribution in [0.15, 0.2) is 43.7 Å². The lowest BCUT2D eigenvalue weighted by Crippen LogP contribution is -2.08. The zero-order chi connectivity index (χ0) is 12.3. The molecule has 90 valence electrons. The number of hydrogen-bond donors (Lipinski definition) is 1. The molecule has 2 N–H and O–H groups in total. The first-order valence-corrected chi connectivity index (χ1v) is 8.26. The largest absolute Gasteiger partial charge is 0.329 e. The van der Waals surface area contributed by atoms with Crippen molar-refractivity contribution in [3.05, 3.63) is 43.6 Å². The van der Waals surface area contributed by atoms with Gasteiger partial charge in [0.15, 0.2) is 0 Å². The molecule has 2 heterocycles. The average Bonchev–Trinajstić information content (AvgIpc) is 2.75. The molecule has 2 aromatic heterocycles. The Morgan fingerprint density at radius 1 is 1.35 bits per heavy atom. The Hall–Kier alpha value is 0.120. The van der Waals surface area contributed by atoms with Crippen molar-refractivity contribution in [3.63, 3.8) is 0 Å². The second kappa shape index (κ2) is 6.33. The highest BCUT2D eigenvalue weighted by molar-refractivity contribution is 9.10. The standard InChI is InChI=1S/C11H10Br2N2S2/c12-7-1-2-11(15-5-7)17-10(4-14)9-3-8(13)6-16-9/h1-3,5-6,10H,4,14H2. The van der Waals surface area contributed by atoms with Gasteiger partial charge in [-0.05, 0) is 50.1 Å². The van der Waals surface area contributed by atoms with Gasteiger partial charge in [0, 0.05) is 31.9 Å². The lowest BCUT2D eigenvalue weighted by molar-refractivity contribution is 0.952. The summed E-state index contributed by atoms with van der Waals surface area (Å²) in [6.07, 6.45) is 1.81. The summed E-state index contributed by atoms with van der Waals surface area (Å²) in [6, 6.07) is 6.11. The maximum absolute atomic E-state index is 5.83. The normalized spacial score (nSPS) is 12.6. The molecule has 0 amide bonds. The lowest BCUT2D eigenvalue weighted by Gasteiger charge is -2.11.